The van der Waals surface area contributed by atoms with E-state index in [1.807, 2.05) is 6.92 Å². The Hall–Kier alpha value is -1.82. The van der Waals surface area contributed by atoms with Crippen LogP contribution in [-0.2, 0) is 33.7 Å². The van der Waals surface area contributed by atoms with E-state index in [1.165, 1.54) is 14.2 Å². The highest BCUT2D eigenvalue weighted by Gasteiger charge is 2.23. The van der Waals surface area contributed by atoms with Crippen LogP contribution in [0.25, 0.3) is 0 Å². The molecule has 0 aliphatic rings. The molecule has 0 fully saturated rings. The SMILES string of the molecule is CCCc1cn(CCO)c(CC(=O)OC)c1C(=O)OC. The van der Waals surface area contributed by atoms with E-state index in [1.54, 1.807) is 10.8 Å². The summed E-state index contributed by atoms with van der Waals surface area (Å²) in [6, 6.07) is 0. The summed E-state index contributed by atoms with van der Waals surface area (Å²) >= 11 is 0. The summed E-state index contributed by atoms with van der Waals surface area (Å²) < 4.78 is 11.2. The Morgan fingerprint density at radius 3 is 2.50 bits per heavy atom. The molecule has 0 aliphatic heterocycles. The summed E-state index contributed by atoms with van der Waals surface area (Å²) in [6.07, 6.45) is 3.34. The second-order valence-corrected chi connectivity index (χ2v) is 4.39. The first-order valence-electron chi connectivity index (χ1n) is 6.55. The molecule has 1 aromatic heterocycles. The quantitative estimate of drug-likeness (QED) is 0.753. The van der Waals surface area contributed by atoms with Crippen LogP contribution in [0, 0.1) is 0 Å². The third-order valence-electron chi connectivity index (χ3n) is 3.06. The molecular formula is C14H21NO5. The second-order valence-electron chi connectivity index (χ2n) is 4.39. The van der Waals surface area contributed by atoms with Gasteiger partial charge in [-0.2, -0.15) is 0 Å². The molecule has 0 unspecified atom stereocenters. The van der Waals surface area contributed by atoms with Crippen molar-refractivity contribution in [3.8, 4) is 0 Å². The molecule has 20 heavy (non-hydrogen) atoms. The monoisotopic (exact) mass is 283 g/mol. The Labute approximate surface area is 118 Å². The highest BCUT2D eigenvalue weighted by Crippen LogP contribution is 2.21. The van der Waals surface area contributed by atoms with Gasteiger partial charge in [-0.1, -0.05) is 13.3 Å². The molecule has 0 spiro atoms. The van der Waals surface area contributed by atoms with Gasteiger partial charge in [0.05, 0.1) is 32.8 Å². The van der Waals surface area contributed by atoms with Crippen molar-refractivity contribution >= 4 is 11.9 Å². The summed E-state index contributed by atoms with van der Waals surface area (Å²) in [7, 11) is 2.61. The molecule has 0 amide bonds. The Morgan fingerprint density at radius 1 is 1.30 bits per heavy atom. The van der Waals surface area contributed by atoms with Crippen molar-refractivity contribution in [3.63, 3.8) is 0 Å². The van der Waals surface area contributed by atoms with Gasteiger partial charge in [0.25, 0.3) is 0 Å². The van der Waals surface area contributed by atoms with Gasteiger partial charge in [-0.3, -0.25) is 4.79 Å². The zero-order valence-corrected chi connectivity index (χ0v) is 12.1. The van der Waals surface area contributed by atoms with E-state index in [-0.39, 0.29) is 13.0 Å². The topological polar surface area (TPSA) is 77.8 Å². The van der Waals surface area contributed by atoms with Crippen LogP contribution in [0.2, 0.25) is 0 Å². The van der Waals surface area contributed by atoms with Crippen molar-refractivity contribution in [2.75, 3.05) is 20.8 Å². The summed E-state index contributed by atoms with van der Waals surface area (Å²) in [5.74, 6) is -0.903. The fraction of sp³-hybridized carbons (Fsp3) is 0.571. The van der Waals surface area contributed by atoms with E-state index in [2.05, 4.69) is 4.74 Å². The Balaban J connectivity index is 3.30. The summed E-state index contributed by atoms with van der Waals surface area (Å²) in [4.78, 5) is 23.5. The lowest BCUT2D eigenvalue weighted by Gasteiger charge is -2.09. The average Bonchev–Trinajstić information content (AvgIpc) is 2.76. The smallest absolute Gasteiger partial charge is 0.339 e. The molecule has 1 aromatic rings. The van der Waals surface area contributed by atoms with Gasteiger partial charge in [-0.05, 0) is 12.0 Å². The number of ether oxygens (including phenoxy) is 2. The van der Waals surface area contributed by atoms with Crippen molar-refractivity contribution in [2.24, 2.45) is 0 Å². The van der Waals surface area contributed by atoms with Crippen molar-refractivity contribution in [1.82, 2.24) is 4.57 Å². The molecule has 1 heterocycles. The predicted molar refractivity (Wildman–Crippen MR) is 72.6 cm³/mol. The molecule has 1 rings (SSSR count). The van der Waals surface area contributed by atoms with Crippen LogP contribution in [0.4, 0.5) is 0 Å². The maximum Gasteiger partial charge on any atom is 0.339 e. The molecule has 6 heteroatoms. The Morgan fingerprint density at radius 2 is 2.00 bits per heavy atom. The largest absolute Gasteiger partial charge is 0.469 e. The molecule has 0 aromatic carbocycles. The fourth-order valence-electron chi connectivity index (χ4n) is 2.18. The number of esters is 2. The maximum atomic E-state index is 12.0. The minimum atomic E-state index is -0.468. The molecule has 0 radical (unpaired) electrons. The van der Waals surface area contributed by atoms with Crippen LogP contribution in [0.1, 0.15) is 35.0 Å². The average molecular weight is 283 g/mol. The molecule has 6 nitrogen and oxygen atoms in total. The number of hydrogen-bond acceptors (Lipinski definition) is 5. The highest BCUT2D eigenvalue weighted by molar-refractivity contribution is 5.94. The fourth-order valence-corrected chi connectivity index (χ4v) is 2.18. The predicted octanol–water partition coefficient (Wildman–Crippen LogP) is 0.935. The normalized spacial score (nSPS) is 10.4. The molecule has 0 saturated carbocycles. The Bertz CT molecular complexity index is 478. The van der Waals surface area contributed by atoms with Gasteiger partial charge in [0.1, 0.15) is 0 Å². The van der Waals surface area contributed by atoms with Gasteiger partial charge in [-0.25, -0.2) is 4.79 Å². The summed E-state index contributed by atoms with van der Waals surface area (Å²) in [5.41, 5.74) is 1.76. The van der Waals surface area contributed by atoms with Crippen molar-refractivity contribution < 1.29 is 24.2 Å². The van der Waals surface area contributed by atoms with Gasteiger partial charge < -0.3 is 19.1 Å². The third-order valence-corrected chi connectivity index (χ3v) is 3.06. The number of hydrogen-bond donors (Lipinski definition) is 1. The number of aliphatic hydroxyl groups excluding tert-OH is 1. The molecule has 0 saturated heterocycles. The van der Waals surface area contributed by atoms with Crippen LogP contribution >= 0.6 is 0 Å². The van der Waals surface area contributed by atoms with E-state index < -0.39 is 11.9 Å². The number of aromatic nitrogens is 1. The lowest BCUT2D eigenvalue weighted by Crippen LogP contribution is -2.15. The molecular weight excluding hydrogens is 262 g/mol. The Kier molecular flexibility index (Phi) is 6.24. The van der Waals surface area contributed by atoms with E-state index in [0.29, 0.717) is 24.2 Å². The first-order valence-corrected chi connectivity index (χ1v) is 6.55. The lowest BCUT2D eigenvalue weighted by molar-refractivity contribution is -0.139. The van der Waals surface area contributed by atoms with Crippen LogP contribution < -0.4 is 0 Å². The number of aliphatic hydroxyl groups is 1. The number of nitrogens with zero attached hydrogens (tertiary/aromatic N) is 1. The van der Waals surface area contributed by atoms with E-state index in [0.717, 1.165) is 12.0 Å². The van der Waals surface area contributed by atoms with Crippen LogP contribution in [0.5, 0.6) is 0 Å². The minimum absolute atomic E-state index is 0.0232. The third kappa shape index (κ3) is 3.60. The van der Waals surface area contributed by atoms with Crippen LogP contribution in [-0.4, -0.2) is 42.4 Å². The summed E-state index contributed by atoms with van der Waals surface area (Å²) in [5, 5.41) is 9.11. The van der Waals surface area contributed by atoms with E-state index >= 15 is 0 Å². The first-order chi connectivity index (χ1) is 9.58. The maximum absolute atomic E-state index is 12.0. The van der Waals surface area contributed by atoms with Crippen molar-refractivity contribution in [2.45, 2.75) is 32.7 Å². The van der Waals surface area contributed by atoms with Crippen molar-refractivity contribution in [3.05, 3.63) is 23.0 Å². The van der Waals surface area contributed by atoms with E-state index in [4.69, 9.17) is 9.84 Å². The van der Waals surface area contributed by atoms with Crippen LogP contribution in [0.3, 0.4) is 0 Å². The molecule has 0 atom stereocenters. The number of methoxy groups -OCH3 is 2. The molecule has 112 valence electrons. The molecule has 0 aliphatic carbocycles. The van der Waals surface area contributed by atoms with Gasteiger partial charge in [-0.15, -0.1) is 0 Å². The number of carbonyl (C=O) groups excluding carboxylic acids is 2. The highest BCUT2D eigenvalue weighted by atomic mass is 16.5. The number of rotatable bonds is 7. The molecule has 1 N–H and O–H groups in total. The zero-order chi connectivity index (χ0) is 15.1. The standard InChI is InChI=1S/C14H21NO5/c1-4-5-10-9-15(6-7-16)11(8-12(17)19-2)13(10)14(18)20-3/h9,16H,4-8H2,1-3H3. The van der Waals surface area contributed by atoms with Gasteiger partial charge in [0, 0.05) is 18.4 Å². The van der Waals surface area contributed by atoms with Crippen LogP contribution in [0.15, 0.2) is 6.20 Å². The number of carbonyl (C=O) groups is 2. The van der Waals surface area contributed by atoms with E-state index in [9.17, 15) is 9.59 Å². The minimum Gasteiger partial charge on any atom is -0.469 e. The van der Waals surface area contributed by atoms with Crippen molar-refractivity contribution in [1.29, 1.82) is 0 Å². The van der Waals surface area contributed by atoms with Gasteiger partial charge in [0.2, 0.25) is 0 Å². The number of aryl methyl sites for hydroxylation is 1. The second kappa shape index (κ2) is 7.69. The first kappa shape index (κ1) is 16.2. The molecule has 0 bridgehead atoms. The zero-order valence-electron chi connectivity index (χ0n) is 12.1. The van der Waals surface area contributed by atoms with Gasteiger partial charge >= 0.3 is 11.9 Å². The summed E-state index contributed by atoms with van der Waals surface area (Å²) in [6.45, 7) is 2.25. The lowest BCUT2D eigenvalue weighted by atomic mass is 10.1. The van der Waals surface area contributed by atoms with Gasteiger partial charge in [0.15, 0.2) is 0 Å².